The van der Waals surface area contributed by atoms with Crippen molar-refractivity contribution in [2.45, 2.75) is 12.5 Å². The molecule has 0 aliphatic carbocycles. The zero-order valence-electron chi connectivity index (χ0n) is 14.1. The van der Waals surface area contributed by atoms with Crippen LogP contribution in [0, 0.1) is 0 Å². The average molecular weight is 371 g/mol. The molecule has 1 aromatic rings. The maximum absolute atomic E-state index is 12.4. The first-order valence-corrected chi connectivity index (χ1v) is 8.15. The number of carbonyl (C=O) groups is 3. The maximum Gasteiger partial charge on any atom is 0.312 e. The fourth-order valence-electron chi connectivity index (χ4n) is 2.71. The van der Waals surface area contributed by atoms with Crippen LogP contribution in [-0.4, -0.2) is 57.7 Å². The van der Waals surface area contributed by atoms with E-state index in [1.807, 2.05) is 0 Å². The summed E-state index contributed by atoms with van der Waals surface area (Å²) in [5.41, 5.74) is 0.449. The molecule has 1 aliphatic heterocycles. The first-order valence-electron chi connectivity index (χ1n) is 7.77. The topological polar surface area (TPSA) is 98.2 Å². The molecule has 2 amide bonds. The lowest BCUT2D eigenvalue weighted by molar-refractivity contribution is -0.909. The van der Waals surface area contributed by atoms with Crippen LogP contribution in [0.2, 0.25) is 5.02 Å². The Bertz CT molecular complexity index is 667. The summed E-state index contributed by atoms with van der Waals surface area (Å²) in [5.74, 6) is -0.577. The van der Waals surface area contributed by atoms with Gasteiger partial charge in [-0.3, -0.25) is 14.4 Å². The molecule has 1 aliphatic rings. The van der Waals surface area contributed by atoms with Crippen LogP contribution in [0.3, 0.4) is 0 Å². The Labute approximate surface area is 150 Å². The lowest BCUT2D eigenvalue weighted by Gasteiger charge is -2.30. The number of ether oxygens (including phenoxy) is 2. The van der Waals surface area contributed by atoms with Crippen LogP contribution < -0.4 is 20.3 Å². The van der Waals surface area contributed by atoms with Gasteiger partial charge in [-0.15, -0.1) is 0 Å². The summed E-state index contributed by atoms with van der Waals surface area (Å²) in [6.45, 7) is 1.01. The van der Waals surface area contributed by atoms with Crippen molar-refractivity contribution in [3.8, 4) is 5.75 Å². The number of halogens is 1. The molecule has 0 spiro atoms. The minimum Gasteiger partial charge on any atom is -0.495 e. The summed E-state index contributed by atoms with van der Waals surface area (Å²) < 4.78 is 9.82. The lowest BCUT2D eigenvalue weighted by atomic mass is 10.1. The molecule has 1 heterocycles. The number of hydrogen-bond donors (Lipinski definition) is 3. The number of hydrogen-bond acceptors (Lipinski definition) is 5. The number of nitrogens with one attached hydrogen (secondary N) is 3. The standard InChI is InChI=1S/C16H20ClN3O5/c1-24-13-4-3-10(17)7-11(13)19-14(21)9-20-6-5-18-16(23)12(20)8-15(22)25-2/h3-4,7,12H,5-6,8-9H2,1-2H3,(H,18,23)(H,19,21)/p+1/t12-/m0/s1. The molecule has 1 saturated heterocycles. The molecule has 2 rings (SSSR count). The first-order chi connectivity index (χ1) is 11.9. The van der Waals surface area contributed by atoms with E-state index in [1.165, 1.54) is 14.2 Å². The third-order valence-electron chi connectivity index (χ3n) is 3.98. The Balaban J connectivity index is 2.06. The molecule has 1 aromatic carbocycles. The fraction of sp³-hybridized carbons (Fsp3) is 0.438. The first kappa shape index (κ1) is 19.0. The van der Waals surface area contributed by atoms with Gasteiger partial charge in [-0.2, -0.15) is 0 Å². The zero-order valence-corrected chi connectivity index (χ0v) is 14.8. The number of methoxy groups -OCH3 is 2. The zero-order chi connectivity index (χ0) is 18.4. The van der Waals surface area contributed by atoms with Crippen molar-refractivity contribution >= 4 is 35.1 Å². The van der Waals surface area contributed by atoms with Crippen molar-refractivity contribution in [3.05, 3.63) is 23.2 Å². The second kappa shape index (κ2) is 8.68. The van der Waals surface area contributed by atoms with Crippen LogP contribution in [0.4, 0.5) is 5.69 Å². The highest BCUT2D eigenvalue weighted by Crippen LogP contribution is 2.27. The smallest absolute Gasteiger partial charge is 0.312 e. The molecule has 0 saturated carbocycles. The monoisotopic (exact) mass is 370 g/mol. The number of piperazine rings is 1. The SMILES string of the molecule is COC(=O)C[C@H]1C(=O)NCC[NH+]1CC(=O)Nc1cc(Cl)ccc1OC. The van der Waals surface area contributed by atoms with Gasteiger partial charge in [0.2, 0.25) is 0 Å². The second-order valence-electron chi connectivity index (χ2n) is 5.60. The van der Waals surface area contributed by atoms with Crippen molar-refractivity contribution in [2.75, 3.05) is 39.2 Å². The molecular formula is C16H21ClN3O5+. The molecule has 1 fully saturated rings. The van der Waals surface area contributed by atoms with Crippen LogP contribution in [0.5, 0.6) is 5.75 Å². The molecule has 9 heteroatoms. The Kier molecular flexibility index (Phi) is 6.60. The Hall–Kier alpha value is -2.32. The predicted molar refractivity (Wildman–Crippen MR) is 90.8 cm³/mol. The van der Waals surface area contributed by atoms with Gasteiger partial charge in [-0.1, -0.05) is 11.6 Å². The number of quaternary nitrogens is 1. The van der Waals surface area contributed by atoms with E-state index in [9.17, 15) is 14.4 Å². The minimum absolute atomic E-state index is 0.0325. The van der Waals surface area contributed by atoms with Crippen LogP contribution in [-0.2, 0) is 19.1 Å². The van der Waals surface area contributed by atoms with E-state index in [0.717, 1.165) is 0 Å². The van der Waals surface area contributed by atoms with E-state index >= 15 is 0 Å². The number of benzene rings is 1. The van der Waals surface area contributed by atoms with Crippen molar-refractivity contribution in [3.63, 3.8) is 0 Å². The van der Waals surface area contributed by atoms with E-state index in [0.29, 0.717) is 34.4 Å². The summed E-state index contributed by atoms with van der Waals surface area (Å²) in [6, 6.07) is 4.23. The summed E-state index contributed by atoms with van der Waals surface area (Å²) in [7, 11) is 2.76. The third-order valence-corrected chi connectivity index (χ3v) is 4.21. The summed E-state index contributed by atoms with van der Waals surface area (Å²) in [6.07, 6.45) is -0.0779. The van der Waals surface area contributed by atoms with Crippen LogP contribution in [0.25, 0.3) is 0 Å². The quantitative estimate of drug-likeness (QED) is 0.571. The van der Waals surface area contributed by atoms with Gasteiger partial charge in [0, 0.05) is 5.02 Å². The second-order valence-corrected chi connectivity index (χ2v) is 6.04. The van der Waals surface area contributed by atoms with Gasteiger partial charge in [0.1, 0.15) is 12.2 Å². The van der Waals surface area contributed by atoms with Crippen molar-refractivity contribution < 1.29 is 28.8 Å². The molecule has 0 aromatic heterocycles. The average Bonchev–Trinajstić information content (AvgIpc) is 2.58. The normalized spacial score (nSPS) is 19.7. The van der Waals surface area contributed by atoms with Gasteiger partial charge in [0.15, 0.2) is 12.6 Å². The number of amides is 2. The third kappa shape index (κ3) is 5.07. The molecule has 8 nitrogen and oxygen atoms in total. The summed E-state index contributed by atoms with van der Waals surface area (Å²) in [5, 5.41) is 5.90. The van der Waals surface area contributed by atoms with Crippen LogP contribution in [0.15, 0.2) is 18.2 Å². The minimum atomic E-state index is -0.659. The predicted octanol–water partition coefficient (Wildman–Crippen LogP) is -0.766. The van der Waals surface area contributed by atoms with Crippen LogP contribution in [0.1, 0.15) is 6.42 Å². The van der Waals surface area contributed by atoms with Gasteiger partial charge < -0.3 is 25.0 Å². The molecule has 2 atom stereocenters. The molecular weight excluding hydrogens is 350 g/mol. The number of anilines is 1. The molecule has 0 bridgehead atoms. The molecule has 3 N–H and O–H groups in total. The summed E-state index contributed by atoms with van der Waals surface area (Å²) >= 11 is 5.95. The van der Waals surface area contributed by atoms with Crippen molar-refractivity contribution in [1.29, 1.82) is 0 Å². The van der Waals surface area contributed by atoms with Gasteiger partial charge in [-0.25, -0.2) is 0 Å². The number of rotatable bonds is 6. The van der Waals surface area contributed by atoms with Gasteiger partial charge in [0.25, 0.3) is 11.8 Å². The number of esters is 1. The fourth-order valence-corrected chi connectivity index (χ4v) is 2.88. The largest absolute Gasteiger partial charge is 0.495 e. The van der Waals surface area contributed by atoms with Crippen LogP contribution >= 0.6 is 11.6 Å². The maximum atomic E-state index is 12.4. The number of carbonyl (C=O) groups excluding carboxylic acids is 3. The van der Waals surface area contributed by atoms with E-state index < -0.39 is 12.0 Å². The highest BCUT2D eigenvalue weighted by molar-refractivity contribution is 6.31. The van der Waals surface area contributed by atoms with Crippen molar-refractivity contribution in [1.82, 2.24) is 5.32 Å². The summed E-state index contributed by atoms with van der Waals surface area (Å²) in [4.78, 5) is 36.6. The lowest BCUT2D eigenvalue weighted by Crippen LogP contribution is -3.20. The van der Waals surface area contributed by atoms with E-state index in [-0.39, 0.29) is 24.8 Å². The molecule has 0 radical (unpaired) electrons. The molecule has 1 unspecified atom stereocenters. The van der Waals surface area contributed by atoms with Crippen molar-refractivity contribution in [2.24, 2.45) is 0 Å². The Morgan fingerprint density at radius 1 is 1.40 bits per heavy atom. The molecule has 136 valence electrons. The Morgan fingerprint density at radius 2 is 2.16 bits per heavy atom. The Morgan fingerprint density at radius 3 is 2.84 bits per heavy atom. The van der Waals surface area contributed by atoms with E-state index in [4.69, 9.17) is 16.3 Å². The highest BCUT2D eigenvalue weighted by atomic mass is 35.5. The van der Waals surface area contributed by atoms with E-state index in [2.05, 4.69) is 15.4 Å². The highest BCUT2D eigenvalue weighted by Gasteiger charge is 2.36. The van der Waals surface area contributed by atoms with E-state index in [1.54, 1.807) is 18.2 Å². The van der Waals surface area contributed by atoms with Gasteiger partial charge >= 0.3 is 5.97 Å². The van der Waals surface area contributed by atoms with Gasteiger partial charge in [-0.05, 0) is 18.2 Å². The molecule has 25 heavy (non-hydrogen) atoms. The van der Waals surface area contributed by atoms with Gasteiger partial charge in [0.05, 0.1) is 33.0 Å².